The van der Waals surface area contributed by atoms with Crippen LogP contribution in [0.4, 0.5) is 5.69 Å². The molecule has 1 unspecified atom stereocenters. The van der Waals surface area contributed by atoms with Crippen LogP contribution in [0.25, 0.3) is 0 Å². The standard InChI is InChI=1S/C14H27N5O2/c1-4-18(5-2)6-7-19-11-12(10-16-19)17-14(20)8-13(9-15)21-3/h10-11,13H,4-9,15H2,1-3H3,(H,17,20). The molecule has 0 bridgehead atoms. The number of aromatic nitrogens is 2. The molecule has 0 fully saturated rings. The molecule has 120 valence electrons. The first-order chi connectivity index (χ1) is 10.1. The van der Waals surface area contributed by atoms with E-state index in [0.29, 0.717) is 12.2 Å². The highest BCUT2D eigenvalue weighted by atomic mass is 16.5. The number of methoxy groups -OCH3 is 1. The van der Waals surface area contributed by atoms with E-state index >= 15 is 0 Å². The van der Waals surface area contributed by atoms with Crippen LogP contribution in [0.1, 0.15) is 20.3 Å². The number of nitrogens with two attached hydrogens (primary N) is 1. The number of nitrogens with zero attached hydrogens (tertiary/aromatic N) is 3. The van der Waals surface area contributed by atoms with Gasteiger partial charge in [0.25, 0.3) is 0 Å². The van der Waals surface area contributed by atoms with Crippen molar-refractivity contribution in [3.8, 4) is 0 Å². The maximum absolute atomic E-state index is 11.8. The molecular formula is C14H27N5O2. The molecule has 0 radical (unpaired) electrons. The summed E-state index contributed by atoms with van der Waals surface area (Å²) in [7, 11) is 1.55. The van der Waals surface area contributed by atoms with Crippen molar-refractivity contribution in [2.45, 2.75) is 32.9 Å². The second-order valence-corrected chi connectivity index (χ2v) is 4.86. The average Bonchev–Trinajstić information content (AvgIpc) is 2.93. The summed E-state index contributed by atoms with van der Waals surface area (Å²) in [6, 6.07) is 0. The van der Waals surface area contributed by atoms with Gasteiger partial charge in [-0.25, -0.2) is 0 Å². The van der Waals surface area contributed by atoms with Crippen molar-refractivity contribution in [1.29, 1.82) is 0 Å². The lowest BCUT2D eigenvalue weighted by Gasteiger charge is -2.17. The summed E-state index contributed by atoms with van der Waals surface area (Å²) in [5, 5.41) is 7.05. The van der Waals surface area contributed by atoms with Gasteiger partial charge in [0, 0.05) is 26.4 Å². The Bertz CT molecular complexity index is 413. The van der Waals surface area contributed by atoms with Crippen molar-refractivity contribution in [2.24, 2.45) is 5.73 Å². The van der Waals surface area contributed by atoms with E-state index in [1.807, 2.05) is 10.9 Å². The third kappa shape index (κ3) is 6.24. The van der Waals surface area contributed by atoms with Crippen LogP contribution < -0.4 is 11.1 Å². The van der Waals surface area contributed by atoms with E-state index in [2.05, 4.69) is 29.2 Å². The second-order valence-electron chi connectivity index (χ2n) is 4.86. The lowest BCUT2D eigenvalue weighted by molar-refractivity contribution is -0.118. The lowest BCUT2D eigenvalue weighted by Crippen LogP contribution is -2.28. The molecule has 1 aromatic heterocycles. The van der Waals surface area contributed by atoms with Crippen molar-refractivity contribution < 1.29 is 9.53 Å². The smallest absolute Gasteiger partial charge is 0.227 e. The number of hydrogen-bond acceptors (Lipinski definition) is 5. The number of rotatable bonds is 10. The predicted octanol–water partition coefficient (Wildman–Crippen LogP) is 0.527. The maximum Gasteiger partial charge on any atom is 0.227 e. The van der Waals surface area contributed by atoms with Gasteiger partial charge in [0.1, 0.15) is 0 Å². The molecule has 7 nitrogen and oxygen atoms in total. The largest absolute Gasteiger partial charge is 0.380 e. The summed E-state index contributed by atoms with van der Waals surface area (Å²) in [5.41, 5.74) is 6.20. The number of ether oxygens (including phenoxy) is 1. The topological polar surface area (TPSA) is 85.4 Å². The van der Waals surface area contributed by atoms with E-state index < -0.39 is 0 Å². The molecular weight excluding hydrogens is 270 g/mol. The molecule has 3 N–H and O–H groups in total. The Hall–Kier alpha value is -1.44. The minimum Gasteiger partial charge on any atom is -0.380 e. The Kier molecular flexibility index (Phi) is 7.96. The number of hydrogen-bond donors (Lipinski definition) is 2. The molecule has 0 aliphatic carbocycles. The van der Waals surface area contributed by atoms with Crippen LogP contribution in [0.2, 0.25) is 0 Å². The zero-order chi connectivity index (χ0) is 15.7. The van der Waals surface area contributed by atoms with Gasteiger partial charge in [-0.3, -0.25) is 9.48 Å². The highest BCUT2D eigenvalue weighted by molar-refractivity contribution is 5.90. The Morgan fingerprint density at radius 1 is 1.52 bits per heavy atom. The van der Waals surface area contributed by atoms with Gasteiger partial charge in [0.15, 0.2) is 0 Å². The van der Waals surface area contributed by atoms with Gasteiger partial charge in [0.2, 0.25) is 5.91 Å². The van der Waals surface area contributed by atoms with Crippen molar-refractivity contribution in [1.82, 2.24) is 14.7 Å². The van der Waals surface area contributed by atoms with Gasteiger partial charge >= 0.3 is 0 Å². The van der Waals surface area contributed by atoms with Crippen molar-refractivity contribution in [2.75, 3.05) is 38.6 Å². The molecule has 1 amide bonds. The minimum atomic E-state index is -0.247. The molecule has 0 saturated heterocycles. The third-order valence-electron chi connectivity index (χ3n) is 3.47. The molecule has 0 spiro atoms. The van der Waals surface area contributed by atoms with Crippen molar-refractivity contribution in [3.05, 3.63) is 12.4 Å². The van der Waals surface area contributed by atoms with E-state index in [-0.39, 0.29) is 18.4 Å². The van der Waals surface area contributed by atoms with E-state index in [9.17, 15) is 4.79 Å². The molecule has 1 heterocycles. The molecule has 21 heavy (non-hydrogen) atoms. The third-order valence-corrected chi connectivity index (χ3v) is 3.47. The number of nitrogens with one attached hydrogen (secondary N) is 1. The summed E-state index contributed by atoms with van der Waals surface area (Å²) in [6.07, 6.45) is 3.50. The Morgan fingerprint density at radius 3 is 2.81 bits per heavy atom. The van der Waals surface area contributed by atoms with Gasteiger partial charge in [0.05, 0.1) is 31.0 Å². The van der Waals surface area contributed by atoms with Crippen LogP contribution in [0.5, 0.6) is 0 Å². The number of likely N-dealkylation sites (N-methyl/N-ethyl adjacent to an activating group) is 1. The van der Waals surface area contributed by atoms with Gasteiger partial charge in [-0.15, -0.1) is 0 Å². The van der Waals surface area contributed by atoms with Crippen molar-refractivity contribution >= 4 is 11.6 Å². The lowest BCUT2D eigenvalue weighted by atomic mass is 10.2. The average molecular weight is 297 g/mol. The van der Waals surface area contributed by atoms with E-state index in [1.165, 1.54) is 0 Å². The first-order valence-corrected chi connectivity index (χ1v) is 7.40. The monoisotopic (exact) mass is 297 g/mol. The van der Waals surface area contributed by atoms with Gasteiger partial charge in [-0.05, 0) is 13.1 Å². The van der Waals surface area contributed by atoms with Gasteiger partial charge in [-0.2, -0.15) is 5.10 Å². The number of anilines is 1. The first kappa shape index (κ1) is 17.6. The summed E-state index contributed by atoms with van der Waals surface area (Å²) < 4.78 is 6.93. The van der Waals surface area contributed by atoms with Crippen LogP contribution in [0.3, 0.4) is 0 Å². The second kappa shape index (κ2) is 9.49. The summed E-state index contributed by atoms with van der Waals surface area (Å²) >= 11 is 0. The number of carbonyl (C=O) groups excluding carboxylic acids is 1. The van der Waals surface area contributed by atoms with E-state index in [1.54, 1.807) is 13.3 Å². The predicted molar refractivity (Wildman–Crippen MR) is 83.1 cm³/mol. The highest BCUT2D eigenvalue weighted by Crippen LogP contribution is 2.07. The zero-order valence-corrected chi connectivity index (χ0v) is 13.2. The molecule has 0 saturated carbocycles. The van der Waals surface area contributed by atoms with Crippen LogP contribution in [0.15, 0.2) is 12.4 Å². The molecule has 1 rings (SSSR count). The first-order valence-electron chi connectivity index (χ1n) is 7.40. The number of amides is 1. The fraction of sp³-hybridized carbons (Fsp3) is 0.714. The zero-order valence-electron chi connectivity index (χ0n) is 13.2. The summed E-state index contributed by atoms with van der Waals surface area (Å²) in [5.74, 6) is -0.115. The SMILES string of the molecule is CCN(CC)CCn1cc(NC(=O)CC(CN)OC)cn1. The molecule has 1 atom stereocenters. The molecule has 0 aromatic carbocycles. The van der Waals surface area contributed by atoms with Gasteiger partial charge in [-0.1, -0.05) is 13.8 Å². The quantitative estimate of drug-likeness (QED) is 0.658. The normalized spacial score (nSPS) is 12.6. The molecule has 7 heteroatoms. The van der Waals surface area contributed by atoms with Crippen LogP contribution >= 0.6 is 0 Å². The summed E-state index contributed by atoms with van der Waals surface area (Å²) in [6.45, 7) is 8.41. The van der Waals surface area contributed by atoms with Crippen LogP contribution in [-0.2, 0) is 16.1 Å². The highest BCUT2D eigenvalue weighted by Gasteiger charge is 2.12. The van der Waals surface area contributed by atoms with Crippen LogP contribution in [-0.4, -0.2) is 60.0 Å². The van der Waals surface area contributed by atoms with E-state index in [4.69, 9.17) is 10.5 Å². The fourth-order valence-corrected chi connectivity index (χ4v) is 2.02. The molecule has 1 aromatic rings. The minimum absolute atomic E-state index is 0.115. The van der Waals surface area contributed by atoms with E-state index in [0.717, 1.165) is 26.2 Å². The maximum atomic E-state index is 11.8. The number of carbonyl (C=O) groups is 1. The van der Waals surface area contributed by atoms with Crippen LogP contribution in [0, 0.1) is 0 Å². The van der Waals surface area contributed by atoms with Crippen molar-refractivity contribution in [3.63, 3.8) is 0 Å². The Morgan fingerprint density at radius 2 is 2.24 bits per heavy atom. The van der Waals surface area contributed by atoms with Gasteiger partial charge < -0.3 is 20.7 Å². The summed E-state index contributed by atoms with van der Waals surface area (Å²) in [4.78, 5) is 14.1. The Balaban J connectivity index is 2.42. The molecule has 0 aliphatic rings. The Labute approximate surface area is 126 Å². The fourth-order valence-electron chi connectivity index (χ4n) is 2.02. The molecule has 0 aliphatic heterocycles.